The van der Waals surface area contributed by atoms with Crippen molar-refractivity contribution in [3.8, 4) is 0 Å². The van der Waals surface area contributed by atoms with E-state index >= 15 is 0 Å². The molecule has 0 bridgehead atoms. The van der Waals surface area contributed by atoms with E-state index in [1.54, 1.807) is 0 Å². The highest BCUT2D eigenvalue weighted by Crippen LogP contribution is 1.89. The highest BCUT2D eigenvalue weighted by atomic mass is 15.0. The highest BCUT2D eigenvalue weighted by Gasteiger charge is 1.99. The van der Waals surface area contributed by atoms with Gasteiger partial charge in [-0.2, -0.15) is 0 Å². The molecule has 0 spiro atoms. The van der Waals surface area contributed by atoms with Gasteiger partial charge < -0.3 is 0 Å². The van der Waals surface area contributed by atoms with Crippen LogP contribution in [0.4, 0.5) is 0 Å². The molecule has 0 saturated carbocycles. The molecule has 1 heteroatoms. The maximum atomic E-state index is 2.31. The van der Waals surface area contributed by atoms with E-state index in [1.807, 2.05) is 0 Å². The Morgan fingerprint density at radius 2 is 2.50 bits per heavy atom. The minimum Gasteiger partial charge on any atom is -0.236 e. The van der Waals surface area contributed by atoms with Crippen LogP contribution in [0, 0.1) is 0 Å². The van der Waals surface area contributed by atoms with Gasteiger partial charge in [-0.3, -0.25) is 0 Å². The van der Waals surface area contributed by atoms with Crippen LogP contribution in [-0.4, -0.2) is 23.9 Å². The Hall–Kier alpha value is -0.590. The van der Waals surface area contributed by atoms with Gasteiger partial charge in [0.05, 0.1) is 0 Å². The molecule has 44 valence electrons. The van der Waals surface area contributed by atoms with Gasteiger partial charge in [-0.15, -0.1) is 0 Å². The minimum atomic E-state index is 1.14. The molecule has 1 aliphatic rings. The lowest BCUT2D eigenvalue weighted by Gasteiger charge is -1.99. The van der Waals surface area contributed by atoms with E-state index in [4.69, 9.17) is 0 Å². The predicted octanol–water partition coefficient (Wildman–Crippen LogP) is 1.05. The number of rotatable bonds is 1. The van der Waals surface area contributed by atoms with Crippen molar-refractivity contribution in [2.24, 2.45) is 0 Å². The van der Waals surface area contributed by atoms with Crippen LogP contribution in [0.25, 0.3) is 0 Å². The summed E-state index contributed by atoms with van der Waals surface area (Å²) >= 11 is 0. The van der Waals surface area contributed by atoms with Crippen molar-refractivity contribution in [1.29, 1.82) is 0 Å². The van der Waals surface area contributed by atoms with Crippen molar-refractivity contribution >= 4 is 6.21 Å². The molecular formula is C7H12N+. The van der Waals surface area contributed by atoms with Gasteiger partial charge in [-0.05, 0) is 13.0 Å². The molecule has 0 unspecified atom stereocenters. The van der Waals surface area contributed by atoms with Crippen LogP contribution >= 0.6 is 0 Å². The van der Waals surface area contributed by atoms with E-state index in [1.165, 1.54) is 13.0 Å². The van der Waals surface area contributed by atoms with Crippen LogP contribution in [0.2, 0.25) is 0 Å². The minimum absolute atomic E-state index is 1.14. The van der Waals surface area contributed by atoms with Crippen molar-refractivity contribution in [2.75, 3.05) is 13.1 Å². The van der Waals surface area contributed by atoms with Crippen LogP contribution in [0.15, 0.2) is 12.2 Å². The first-order valence-corrected chi connectivity index (χ1v) is 3.17. The molecule has 0 aromatic heterocycles. The second-order valence-electron chi connectivity index (χ2n) is 1.99. The summed E-state index contributed by atoms with van der Waals surface area (Å²) < 4.78 is 2.31. The first-order valence-electron chi connectivity index (χ1n) is 3.17. The predicted molar refractivity (Wildman–Crippen MR) is 35.5 cm³/mol. The normalized spacial score (nSPS) is 18.4. The van der Waals surface area contributed by atoms with Gasteiger partial charge in [0.25, 0.3) is 0 Å². The van der Waals surface area contributed by atoms with Crippen LogP contribution in [0.1, 0.15) is 13.3 Å². The smallest absolute Gasteiger partial charge is 0.163 e. The maximum Gasteiger partial charge on any atom is 0.163 e. The molecule has 1 heterocycles. The molecule has 1 aliphatic heterocycles. The number of hydrogen-bond donors (Lipinski definition) is 0. The summed E-state index contributed by atoms with van der Waals surface area (Å²) in [5.74, 6) is 0. The molecule has 0 aromatic rings. The standard InChI is InChI=1S/C7H12N/c1-2-8-6-4-3-5-7-8/h3-4,6H,2,5,7H2,1H3/q+1. The van der Waals surface area contributed by atoms with Crippen LogP contribution in [0.3, 0.4) is 0 Å². The molecule has 0 fully saturated rings. The molecule has 0 saturated heterocycles. The van der Waals surface area contributed by atoms with Crippen molar-refractivity contribution < 1.29 is 4.58 Å². The summed E-state index contributed by atoms with van der Waals surface area (Å²) in [5, 5.41) is 0. The topological polar surface area (TPSA) is 3.01 Å². The summed E-state index contributed by atoms with van der Waals surface area (Å²) in [6, 6.07) is 0. The lowest BCUT2D eigenvalue weighted by Crippen LogP contribution is -2.15. The summed E-state index contributed by atoms with van der Waals surface area (Å²) in [4.78, 5) is 0. The average molecular weight is 110 g/mol. The third-order valence-corrected chi connectivity index (χ3v) is 1.42. The molecule has 1 nitrogen and oxygen atoms in total. The number of nitrogens with zero attached hydrogens (tertiary/aromatic N) is 1. The molecule has 0 aliphatic carbocycles. The van der Waals surface area contributed by atoms with Gasteiger partial charge >= 0.3 is 0 Å². The number of allylic oxidation sites excluding steroid dienone is 1. The van der Waals surface area contributed by atoms with Gasteiger partial charge in [0.2, 0.25) is 0 Å². The molecule has 1 rings (SSSR count). The fraction of sp³-hybridized carbons (Fsp3) is 0.571. The Morgan fingerprint density at radius 3 is 2.88 bits per heavy atom. The first kappa shape index (κ1) is 5.54. The molecule has 0 amide bonds. The van der Waals surface area contributed by atoms with Crippen LogP contribution in [0.5, 0.6) is 0 Å². The zero-order valence-corrected chi connectivity index (χ0v) is 5.30. The van der Waals surface area contributed by atoms with Gasteiger partial charge in [0.15, 0.2) is 6.21 Å². The maximum absolute atomic E-state index is 2.31. The van der Waals surface area contributed by atoms with Crippen molar-refractivity contribution in [1.82, 2.24) is 0 Å². The lowest BCUT2D eigenvalue weighted by molar-refractivity contribution is -0.519. The van der Waals surface area contributed by atoms with E-state index in [0.29, 0.717) is 0 Å². The zero-order chi connectivity index (χ0) is 5.82. The van der Waals surface area contributed by atoms with Crippen molar-refractivity contribution in [3.05, 3.63) is 12.2 Å². The summed E-state index contributed by atoms with van der Waals surface area (Å²) in [6.07, 6.45) is 7.67. The fourth-order valence-corrected chi connectivity index (χ4v) is 0.857. The quantitative estimate of drug-likeness (QED) is 0.444. The monoisotopic (exact) mass is 110 g/mol. The molecule has 8 heavy (non-hydrogen) atoms. The lowest BCUT2D eigenvalue weighted by atomic mass is 10.3. The van der Waals surface area contributed by atoms with Gasteiger partial charge in [-0.25, -0.2) is 4.58 Å². The molecule has 0 radical (unpaired) electrons. The SMILES string of the molecule is CC[N+]1=CC=CCC1. The third-order valence-electron chi connectivity index (χ3n) is 1.42. The molecule has 0 aromatic carbocycles. The Bertz CT molecular complexity index is 122. The van der Waals surface area contributed by atoms with Crippen molar-refractivity contribution in [3.63, 3.8) is 0 Å². The summed E-state index contributed by atoms with van der Waals surface area (Å²) in [6.45, 7) is 4.52. The molecule has 0 N–H and O–H groups in total. The van der Waals surface area contributed by atoms with E-state index in [9.17, 15) is 0 Å². The average Bonchev–Trinajstić information content (AvgIpc) is 1.90. The van der Waals surface area contributed by atoms with E-state index in [0.717, 1.165) is 6.54 Å². The summed E-state index contributed by atoms with van der Waals surface area (Å²) in [5.41, 5.74) is 0. The van der Waals surface area contributed by atoms with E-state index < -0.39 is 0 Å². The second-order valence-corrected chi connectivity index (χ2v) is 1.99. The fourth-order valence-electron chi connectivity index (χ4n) is 0.857. The third kappa shape index (κ3) is 1.19. The van der Waals surface area contributed by atoms with Crippen LogP contribution < -0.4 is 0 Å². The molecule has 0 atom stereocenters. The van der Waals surface area contributed by atoms with Gasteiger partial charge in [-0.1, -0.05) is 6.08 Å². The molecular weight excluding hydrogens is 98.1 g/mol. The Balaban J connectivity index is 2.50. The van der Waals surface area contributed by atoms with Crippen LogP contribution in [-0.2, 0) is 0 Å². The van der Waals surface area contributed by atoms with E-state index in [-0.39, 0.29) is 0 Å². The van der Waals surface area contributed by atoms with Crippen molar-refractivity contribution in [2.45, 2.75) is 13.3 Å². The highest BCUT2D eigenvalue weighted by molar-refractivity contribution is 5.66. The first-order chi connectivity index (χ1) is 3.93. The second kappa shape index (κ2) is 2.65. The Morgan fingerprint density at radius 1 is 1.62 bits per heavy atom. The Kier molecular flexibility index (Phi) is 1.84. The number of hydrogen-bond acceptors (Lipinski definition) is 0. The van der Waals surface area contributed by atoms with Gasteiger partial charge in [0.1, 0.15) is 13.1 Å². The Labute approximate surface area is 50.3 Å². The summed E-state index contributed by atoms with van der Waals surface area (Å²) in [7, 11) is 0. The zero-order valence-electron chi connectivity index (χ0n) is 5.30. The van der Waals surface area contributed by atoms with Gasteiger partial charge in [0, 0.05) is 6.42 Å². The largest absolute Gasteiger partial charge is 0.236 e. The van der Waals surface area contributed by atoms with E-state index in [2.05, 4.69) is 29.9 Å².